The number of rotatable bonds is 2. The van der Waals surface area contributed by atoms with Gasteiger partial charge in [0.25, 0.3) is 0 Å². The summed E-state index contributed by atoms with van der Waals surface area (Å²) >= 11 is 0. The van der Waals surface area contributed by atoms with E-state index < -0.39 is 6.17 Å². The van der Waals surface area contributed by atoms with Gasteiger partial charge < -0.3 is 10.2 Å². The molecule has 0 bridgehead atoms. The number of nitrogens with one attached hydrogen (secondary N) is 1. The summed E-state index contributed by atoms with van der Waals surface area (Å²) in [7, 11) is 3.03. The second kappa shape index (κ2) is 3.77. The van der Waals surface area contributed by atoms with Gasteiger partial charge in [0.05, 0.1) is 6.42 Å². The van der Waals surface area contributed by atoms with Crippen LogP contribution in [-0.2, 0) is 9.59 Å². The lowest BCUT2D eigenvalue weighted by Gasteiger charge is -2.36. The molecule has 2 rings (SSSR count). The number of carbonyl (C=O) groups is 3. The molecule has 1 N–H and O–H groups in total. The van der Waals surface area contributed by atoms with Crippen molar-refractivity contribution in [3.8, 4) is 0 Å². The molecule has 0 aromatic rings. The van der Waals surface area contributed by atoms with Crippen molar-refractivity contribution in [3.63, 3.8) is 0 Å². The van der Waals surface area contributed by atoms with Gasteiger partial charge in [0, 0.05) is 20.0 Å². The molecule has 0 radical (unpaired) electrons. The molecule has 1 heterocycles. The monoisotopic (exact) mass is 225 g/mol. The molecule has 1 saturated carbocycles. The minimum atomic E-state index is -0.496. The Bertz CT molecular complexity index is 351. The Balaban J connectivity index is 2.01. The molecule has 88 valence electrons. The number of nitrogens with zero attached hydrogens (tertiary/aromatic N) is 2. The molecule has 1 unspecified atom stereocenters. The van der Waals surface area contributed by atoms with E-state index in [4.69, 9.17) is 0 Å². The van der Waals surface area contributed by atoms with Gasteiger partial charge in [-0.15, -0.1) is 0 Å². The summed E-state index contributed by atoms with van der Waals surface area (Å²) in [6, 6.07) is -0.377. The summed E-state index contributed by atoms with van der Waals surface area (Å²) in [5.74, 6) is -0.232. The Morgan fingerprint density at radius 2 is 1.94 bits per heavy atom. The highest BCUT2D eigenvalue weighted by molar-refractivity contribution is 5.97. The van der Waals surface area contributed by atoms with Crippen molar-refractivity contribution in [1.82, 2.24) is 15.1 Å². The lowest BCUT2D eigenvalue weighted by molar-refractivity contribution is -0.133. The molecule has 6 heteroatoms. The van der Waals surface area contributed by atoms with Crippen molar-refractivity contribution in [1.29, 1.82) is 0 Å². The van der Waals surface area contributed by atoms with E-state index in [1.807, 2.05) is 0 Å². The molecule has 1 atom stereocenters. The molecule has 1 saturated heterocycles. The van der Waals surface area contributed by atoms with Crippen molar-refractivity contribution >= 4 is 17.8 Å². The van der Waals surface area contributed by atoms with Crippen LogP contribution in [0.15, 0.2) is 0 Å². The van der Waals surface area contributed by atoms with Crippen LogP contribution >= 0.6 is 0 Å². The third kappa shape index (κ3) is 1.87. The van der Waals surface area contributed by atoms with Crippen molar-refractivity contribution in [2.45, 2.75) is 25.4 Å². The van der Waals surface area contributed by atoms with Gasteiger partial charge in [0.2, 0.25) is 11.8 Å². The highest BCUT2D eigenvalue weighted by Crippen LogP contribution is 2.29. The number of carbonyl (C=O) groups excluding carboxylic acids is 3. The largest absolute Gasteiger partial charge is 0.335 e. The predicted molar refractivity (Wildman–Crippen MR) is 55.2 cm³/mol. The van der Waals surface area contributed by atoms with Gasteiger partial charge in [-0.1, -0.05) is 0 Å². The summed E-state index contributed by atoms with van der Waals surface area (Å²) < 4.78 is 0. The number of urea groups is 1. The van der Waals surface area contributed by atoms with Crippen LogP contribution in [0.3, 0.4) is 0 Å². The maximum atomic E-state index is 11.6. The fourth-order valence-electron chi connectivity index (χ4n) is 1.69. The zero-order valence-corrected chi connectivity index (χ0v) is 9.40. The van der Waals surface area contributed by atoms with E-state index in [1.165, 1.54) is 11.9 Å². The van der Waals surface area contributed by atoms with E-state index in [0.717, 1.165) is 17.7 Å². The summed E-state index contributed by atoms with van der Waals surface area (Å²) in [6.07, 6.45) is 1.47. The predicted octanol–water partition coefficient (Wildman–Crippen LogP) is -0.247. The Hall–Kier alpha value is -1.59. The maximum absolute atomic E-state index is 11.6. The first-order valence-corrected chi connectivity index (χ1v) is 5.34. The van der Waals surface area contributed by atoms with Crippen LogP contribution in [0.2, 0.25) is 0 Å². The molecule has 1 aliphatic heterocycles. The van der Waals surface area contributed by atoms with Crippen LogP contribution in [-0.4, -0.2) is 47.9 Å². The Morgan fingerprint density at radius 3 is 2.50 bits per heavy atom. The van der Waals surface area contributed by atoms with Crippen LogP contribution in [0.1, 0.15) is 19.3 Å². The molecular weight excluding hydrogens is 210 g/mol. The minimum absolute atomic E-state index is 0.0537. The van der Waals surface area contributed by atoms with Crippen molar-refractivity contribution < 1.29 is 14.4 Å². The maximum Gasteiger partial charge on any atom is 0.327 e. The Kier molecular flexibility index (Phi) is 2.57. The molecule has 0 aromatic heterocycles. The van der Waals surface area contributed by atoms with Crippen LogP contribution in [0.25, 0.3) is 0 Å². The molecule has 16 heavy (non-hydrogen) atoms. The molecule has 1 aliphatic carbocycles. The van der Waals surface area contributed by atoms with E-state index in [-0.39, 0.29) is 30.2 Å². The van der Waals surface area contributed by atoms with Crippen LogP contribution in [0.4, 0.5) is 4.79 Å². The molecule has 6 nitrogen and oxygen atoms in total. The SMILES string of the molecule is CN1C(=O)CC(NC(=O)C2CC2)N(C)C1=O. The average Bonchev–Trinajstić information content (AvgIpc) is 3.06. The second-order valence-corrected chi connectivity index (χ2v) is 4.35. The standard InChI is InChI=1S/C10H15N3O3/c1-12-7(11-9(15)6-3-4-6)5-8(14)13(2)10(12)16/h6-7H,3-5H2,1-2H3,(H,11,15). The number of amides is 4. The van der Waals surface area contributed by atoms with Crippen LogP contribution < -0.4 is 5.32 Å². The number of hydrogen-bond donors (Lipinski definition) is 1. The van der Waals surface area contributed by atoms with Gasteiger partial charge in [-0.3, -0.25) is 14.5 Å². The van der Waals surface area contributed by atoms with E-state index in [9.17, 15) is 14.4 Å². The smallest absolute Gasteiger partial charge is 0.327 e. The average molecular weight is 225 g/mol. The summed E-state index contributed by atoms with van der Waals surface area (Å²) in [6.45, 7) is 0. The molecule has 0 aromatic carbocycles. The van der Waals surface area contributed by atoms with Crippen molar-refractivity contribution in [2.24, 2.45) is 5.92 Å². The zero-order valence-electron chi connectivity index (χ0n) is 9.40. The van der Waals surface area contributed by atoms with E-state index in [2.05, 4.69) is 5.32 Å². The molecule has 2 aliphatic rings. The third-order valence-corrected chi connectivity index (χ3v) is 3.06. The van der Waals surface area contributed by atoms with Gasteiger partial charge >= 0.3 is 6.03 Å². The highest BCUT2D eigenvalue weighted by atomic mass is 16.2. The lowest BCUT2D eigenvalue weighted by Crippen LogP contribution is -2.59. The molecular formula is C10H15N3O3. The first-order chi connectivity index (χ1) is 7.50. The van der Waals surface area contributed by atoms with Gasteiger partial charge in [-0.2, -0.15) is 0 Å². The van der Waals surface area contributed by atoms with E-state index >= 15 is 0 Å². The van der Waals surface area contributed by atoms with Gasteiger partial charge in [0.15, 0.2) is 0 Å². The minimum Gasteiger partial charge on any atom is -0.335 e. The first kappa shape index (κ1) is 10.9. The van der Waals surface area contributed by atoms with Crippen LogP contribution in [0.5, 0.6) is 0 Å². The van der Waals surface area contributed by atoms with E-state index in [1.54, 1.807) is 7.05 Å². The Labute approximate surface area is 93.6 Å². The number of hydrogen-bond acceptors (Lipinski definition) is 3. The first-order valence-electron chi connectivity index (χ1n) is 5.34. The quantitative estimate of drug-likeness (QED) is 0.704. The van der Waals surface area contributed by atoms with Gasteiger partial charge in [0.1, 0.15) is 6.17 Å². The molecule has 4 amide bonds. The fraction of sp³-hybridized carbons (Fsp3) is 0.700. The van der Waals surface area contributed by atoms with E-state index in [0.29, 0.717) is 0 Å². The van der Waals surface area contributed by atoms with Gasteiger partial charge in [-0.25, -0.2) is 4.79 Å². The van der Waals surface area contributed by atoms with Crippen molar-refractivity contribution in [2.75, 3.05) is 14.1 Å². The lowest BCUT2D eigenvalue weighted by atomic mass is 10.2. The normalized spacial score (nSPS) is 26.0. The zero-order chi connectivity index (χ0) is 11.9. The highest BCUT2D eigenvalue weighted by Gasteiger charge is 2.38. The third-order valence-electron chi connectivity index (χ3n) is 3.06. The summed E-state index contributed by atoms with van der Waals surface area (Å²) in [4.78, 5) is 37.0. The molecule has 0 spiro atoms. The number of imide groups is 1. The second-order valence-electron chi connectivity index (χ2n) is 4.35. The van der Waals surface area contributed by atoms with Crippen LogP contribution in [0, 0.1) is 5.92 Å². The summed E-state index contributed by atoms with van der Waals surface area (Å²) in [5.41, 5.74) is 0. The summed E-state index contributed by atoms with van der Waals surface area (Å²) in [5, 5.41) is 2.73. The topological polar surface area (TPSA) is 69.7 Å². The molecule has 2 fully saturated rings. The van der Waals surface area contributed by atoms with Crippen molar-refractivity contribution in [3.05, 3.63) is 0 Å². The van der Waals surface area contributed by atoms with Gasteiger partial charge in [-0.05, 0) is 12.8 Å². The fourth-order valence-corrected chi connectivity index (χ4v) is 1.69. The Morgan fingerprint density at radius 1 is 1.31 bits per heavy atom.